The van der Waals surface area contributed by atoms with Gasteiger partial charge in [0.2, 0.25) is 5.91 Å². The molecule has 0 aliphatic heterocycles. The van der Waals surface area contributed by atoms with Gasteiger partial charge < -0.3 is 10.1 Å². The van der Waals surface area contributed by atoms with Crippen molar-refractivity contribution >= 4 is 11.9 Å². The Morgan fingerprint density at radius 2 is 1.24 bits per heavy atom. The Morgan fingerprint density at radius 1 is 0.800 bits per heavy atom. The van der Waals surface area contributed by atoms with Gasteiger partial charge in [-0.25, -0.2) is 4.79 Å². The number of rotatable bonds is 16. The van der Waals surface area contributed by atoms with E-state index in [1.165, 1.54) is 71.3 Å². The third kappa shape index (κ3) is 13.9. The number of nitrogens with one attached hydrogen (secondary N) is 1. The van der Waals surface area contributed by atoms with Crippen molar-refractivity contribution in [3.8, 4) is 0 Å². The summed E-state index contributed by atoms with van der Waals surface area (Å²) in [5.41, 5.74) is 0. The Morgan fingerprint density at radius 3 is 1.64 bits per heavy atom. The Hall–Kier alpha value is -1.06. The fraction of sp³-hybridized carbons (Fsp3) is 0.905. The van der Waals surface area contributed by atoms with Crippen molar-refractivity contribution in [3.63, 3.8) is 0 Å². The molecule has 0 aliphatic carbocycles. The number of carbonyl (C=O) groups excluding carboxylic acids is 2. The molecule has 0 saturated carbocycles. The van der Waals surface area contributed by atoms with Crippen LogP contribution in [0.3, 0.4) is 0 Å². The molecule has 0 aromatic carbocycles. The van der Waals surface area contributed by atoms with Crippen molar-refractivity contribution in [1.29, 1.82) is 0 Å². The molecule has 1 amide bonds. The summed E-state index contributed by atoms with van der Waals surface area (Å²) in [7, 11) is 1.36. The molecule has 0 unspecified atom stereocenters. The minimum Gasteiger partial charge on any atom is -0.467 e. The van der Waals surface area contributed by atoms with E-state index in [0.29, 0.717) is 6.42 Å². The van der Waals surface area contributed by atoms with Crippen LogP contribution in [0.15, 0.2) is 0 Å². The highest BCUT2D eigenvalue weighted by atomic mass is 16.5. The summed E-state index contributed by atoms with van der Waals surface area (Å²) in [6.07, 6.45) is 15.9. The van der Waals surface area contributed by atoms with Crippen LogP contribution in [0.5, 0.6) is 0 Å². The number of esters is 1. The molecule has 1 atom stereocenters. The van der Waals surface area contributed by atoms with Crippen LogP contribution in [0.4, 0.5) is 0 Å². The first-order valence-electron chi connectivity index (χ1n) is 10.4. The van der Waals surface area contributed by atoms with Crippen LogP contribution in [-0.2, 0) is 14.3 Å². The maximum absolute atomic E-state index is 11.9. The van der Waals surface area contributed by atoms with Gasteiger partial charge in [-0.2, -0.15) is 0 Å². The van der Waals surface area contributed by atoms with Crippen LogP contribution >= 0.6 is 0 Å². The second-order valence-electron chi connectivity index (χ2n) is 7.45. The lowest BCUT2D eigenvalue weighted by Crippen LogP contribution is -2.44. The number of unbranched alkanes of at least 4 members (excludes halogenated alkanes) is 11. The van der Waals surface area contributed by atoms with Gasteiger partial charge in [0.25, 0.3) is 0 Å². The standard InChI is InChI=1S/C21H41NO3/c1-5-6-7-8-9-10-11-12-13-14-15-16-17-19(23)22-20(18(2)3)21(24)25-4/h18,20H,5-17H2,1-4H3,(H,22,23)/t20-/m0/s1. The van der Waals surface area contributed by atoms with Gasteiger partial charge in [0.15, 0.2) is 0 Å². The number of hydrogen-bond donors (Lipinski definition) is 1. The van der Waals surface area contributed by atoms with Crippen LogP contribution < -0.4 is 5.32 Å². The summed E-state index contributed by atoms with van der Waals surface area (Å²) >= 11 is 0. The lowest BCUT2D eigenvalue weighted by atomic mass is 10.0. The van der Waals surface area contributed by atoms with E-state index in [9.17, 15) is 9.59 Å². The average Bonchev–Trinajstić information content (AvgIpc) is 2.59. The Labute approximate surface area is 155 Å². The summed E-state index contributed by atoms with van der Waals surface area (Å²) < 4.78 is 4.74. The third-order valence-electron chi connectivity index (χ3n) is 4.70. The molecule has 4 heteroatoms. The molecule has 0 spiro atoms. The predicted molar refractivity (Wildman–Crippen MR) is 104 cm³/mol. The van der Waals surface area contributed by atoms with E-state index in [4.69, 9.17) is 4.74 Å². The fourth-order valence-electron chi connectivity index (χ4n) is 3.00. The molecule has 0 radical (unpaired) electrons. The summed E-state index contributed by atoms with van der Waals surface area (Å²) in [5.74, 6) is -0.368. The zero-order valence-corrected chi connectivity index (χ0v) is 17.1. The van der Waals surface area contributed by atoms with E-state index in [1.807, 2.05) is 13.8 Å². The second kappa shape index (κ2) is 16.4. The zero-order chi connectivity index (χ0) is 18.9. The molecule has 25 heavy (non-hydrogen) atoms. The van der Waals surface area contributed by atoms with Crippen molar-refractivity contribution in [2.45, 2.75) is 110 Å². The van der Waals surface area contributed by atoms with Crippen LogP contribution in [0.25, 0.3) is 0 Å². The summed E-state index contributed by atoms with van der Waals surface area (Å²) in [6, 6.07) is -0.533. The molecule has 0 fully saturated rings. The van der Waals surface area contributed by atoms with E-state index in [2.05, 4.69) is 12.2 Å². The molecule has 0 aromatic rings. The van der Waals surface area contributed by atoms with Gasteiger partial charge in [-0.3, -0.25) is 4.79 Å². The third-order valence-corrected chi connectivity index (χ3v) is 4.70. The van der Waals surface area contributed by atoms with Crippen LogP contribution in [0.2, 0.25) is 0 Å². The van der Waals surface area contributed by atoms with Crippen molar-refractivity contribution < 1.29 is 14.3 Å². The van der Waals surface area contributed by atoms with Crippen molar-refractivity contribution in [2.24, 2.45) is 5.92 Å². The first-order valence-corrected chi connectivity index (χ1v) is 10.4. The van der Waals surface area contributed by atoms with Crippen molar-refractivity contribution in [3.05, 3.63) is 0 Å². The molecule has 0 aromatic heterocycles. The average molecular weight is 356 g/mol. The van der Waals surface area contributed by atoms with Crippen molar-refractivity contribution in [1.82, 2.24) is 5.32 Å². The second-order valence-corrected chi connectivity index (χ2v) is 7.45. The highest BCUT2D eigenvalue weighted by Gasteiger charge is 2.24. The Balaban J connectivity index is 3.52. The van der Waals surface area contributed by atoms with Gasteiger partial charge >= 0.3 is 5.97 Å². The summed E-state index contributed by atoms with van der Waals surface area (Å²) in [5, 5.41) is 2.79. The maximum atomic E-state index is 11.9. The summed E-state index contributed by atoms with van der Waals surface area (Å²) in [6.45, 7) is 6.07. The Kier molecular flexibility index (Phi) is 15.7. The van der Waals surface area contributed by atoms with Gasteiger partial charge in [0.1, 0.15) is 6.04 Å². The molecule has 0 aliphatic rings. The molecule has 0 bridgehead atoms. The van der Waals surface area contributed by atoms with E-state index < -0.39 is 6.04 Å². The maximum Gasteiger partial charge on any atom is 0.328 e. The number of hydrogen-bond acceptors (Lipinski definition) is 3. The molecular formula is C21H41NO3. The molecule has 148 valence electrons. The molecular weight excluding hydrogens is 314 g/mol. The highest BCUT2D eigenvalue weighted by molar-refractivity contribution is 5.84. The normalized spacial score (nSPS) is 12.2. The minimum atomic E-state index is -0.533. The number of methoxy groups -OCH3 is 1. The van der Waals surface area contributed by atoms with Gasteiger partial charge in [0, 0.05) is 6.42 Å². The molecule has 1 N–H and O–H groups in total. The van der Waals surface area contributed by atoms with Crippen LogP contribution in [0, 0.1) is 5.92 Å². The van der Waals surface area contributed by atoms with Crippen LogP contribution in [0.1, 0.15) is 104 Å². The summed E-state index contributed by atoms with van der Waals surface area (Å²) in [4.78, 5) is 23.6. The van der Waals surface area contributed by atoms with Gasteiger partial charge in [-0.1, -0.05) is 91.4 Å². The highest BCUT2D eigenvalue weighted by Crippen LogP contribution is 2.12. The van der Waals surface area contributed by atoms with E-state index >= 15 is 0 Å². The molecule has 4 nitrogen and oxygen atoms in total. The molecule has 0 rings (SSSR count). The van der Waals surface area contributed by atoms with Crippen LogP contribution in [-0.4, -0.2) is 25.0 Å². The first kappa shape index (κ1) is 23.9. The number of amides is 1. The fourth-order valence-corrected chi connectivity index (χ4v) is 3.00. The SMILES string of the molecule is CCCCCCCCCCCCCCC(=O)N[C@H](C(=O)OC)C(C)C. The zero-order valence-electron chi connectivity index (χ0n) is 17.1. The molecule has 0 saturated heterocycles. The monoisotopic (exact) mass is 355 g/mol. The topological polar surface area (TPSA) is 55.4 Å². The first-order chi connectivity index (χ1) is 12.0. The largest absolute Gasteiger partial charge is 0.467 e. The lowest BCUT2D eigenvalue weighted by molar-refractivity contribution is -0.146. The number of carbonyl (C=O) groups is 2. The minimum absolute atomic E-state index is 0.0402. The van der Waals surface area contributed by atoms with E-state index in [1.54, 1.807) is 0 Å². The van der Waals surface area contributed by atoms with Gasteiger partial charge in [-0.15, -0.1) is 0 Å². The quantitative estimate of drug-likeness (QED) is 0.298. The molecule has 0 heterocycles. The lowest BCUT2D eigenvalue weighted by Gasteiger charge is -2.19. The van der Waals surface area contributed by atoms with Gasteiger partial charge in [-0.05, 0) is 12.3 Å². The van der Waals surface area contributed by atoms with E-state index in [0.717, 1.165) is 12.8 Å². The number of ether oxygens (including phenoxy) is 1. The Bertz CT molecular complexity index is 342. The smallest absolute Gasteiger partial charge is 0.328 e. The predicted octanol–water partition coefficient (Wildman–Crippen LogP) is 5.39. The van der Waals surface area contributed by atoms with E-state index in [-0.39, 0.29) is 17.8 Å². The van der Waals surface area contributed by atoms with Gasteiger partial charge in [0.05, 0.1) is 7.11 Å². The van der Waals surface area contributed by atoms with Crippen molar-refractivity contribution in [2.75, 3.05) is 7.11 Å².